The maximum atomic E-state index is 13.0. The Bertz CT molecular complexity index is 607. The zero-order chi connectivity index (χ0) is 15.2. The molecule has 0 saturated heterocycles. The van der Waals surface area contributed by atoms with Gasteiger partial charge in [0.05, 0.1) is 20.3 Å². The first kappa shape index (κ1) is 15.1. The molecule has 0 bridgehead atoms. The number of nitrogens with zero attached hydrogens (tertiary/aromatic N) is 1. The van der Waals surface area contributed by atoms with Crippen LogP contribution in [-0.2, 0) is 0 Å². The largest absolute Gasteiger partial charge is 0.497 e. The second-order valence-corrected chi connectivity index (χ2v) is 4.35. The Morgan fingerprint density at radius 2 is 2.05 bits per heavy atom. The Hall–Kier alpha value is -2.34. The van der Waals surface area contributed by atoms with Gasteiger partial charge >= 0.3 is 0 Å². The van der Waals surface area contributed by atoms with Crippen LogP contribution < -0.4 is 14.8 Å². The summed E-state index contributed by atoms with van der Waals surface area (Å²) in [5, 5.41) is 13.1. The van der Waals surface area contributed by atoms with Gasteiger partial charge in [-0.2, -0.15) is 4.39 Å². The Balaban J connectivity index is 2.10. The predicted octanol–water partition coefficient (Wildman–Crippen LogP) is 2.38. The number of hydrogen-bond acceptors (Lipinski definition) is 5. The fourth-order valence-corrected chi connectivity index (χ4v) is 1.92. The van der Waals surface area contributed by atoms with Crippen molar-refractivity contribution in [1.82, 2.24) is 4.98 Å². The van der Waals surface area contributed by atoms with Crippen molar-refractivity contribution in [1.29, 1.82) is 0 Å². The van der Waals surface area contributed by atoms with Crippen LogP contribution in [0.15, 0.2) is 36.4 Å². The molecule has 0 aliphatic rings. The van der Waals surface area contributed by atoms with Gasteiger partial charge in [0.2, 0.25) is 5.95 Å². The van der Waals surface area contributed by atoms with Gasteiger partial charge in [0, 0.05) is 12.1 Å². The van der Waals surface area contributed by atoms with Gasteiger partial charge in [-0.25, -0.2) is 4.98 Å². The average Bonchev–Trinajstić information content (AvgIpc) is 2.52. The summed E-state index contributed by atoms with van der Waals surface area (Å²) < 4.78 is 23.3. The van der Waals surface area contributed by atoms with Crippen molar-refractivity contribution in [3.8, 4) is 11.5 Å². The highest BCUT2D eigenvalue weighted by Gasteiger charge is 2.14. The summed E-state index contributed by atoms with van der Waals surface area (Å²) in [4.78, 5) is 3.67. The molecule has 0 radical (unpaired) electrons. The lowest BCUT2D eigenvalue weighted by atomic mass is 10.1. The third-order valence-corrected chi connectivity index (χ3v) is 2.99. The molecule has 0 spiro atoms. The molecule has 21 heavy (non-hydrogen) atoms. The van der Waals surface area contributed by atoms with E-state index < -0.39 is 12.1 Å². The molecule has 6 heteroatoms. The summed E-state index contributed by atoms with van der Waals surface area (Å²) in [7, 11) is 3.08. The van der Waals surface area contributed by atoms with E-state index in [4.69, 9.17) is 9.47 Å². The number of aliphatic hydroxyl groups excluding tert-OH is 1. The molecule has 1 unspecified atom stereocenters. The molecule has 0 fully saturated rings. The quantitative estimate of drug-likeness (QED) is 0.800. The number of anilines is 1. The van der Waals surface area contributed by atoms with Gasteiger partial charge in [-0.15, -0.1) is 0 Å². The van der Waals surface area contributed by atoms with Crippen molar-refractivity contribution >= 4 is 5.82 Å². The van der Waals surface area contributed by atoms with Crippen molar-refractivity contribution < 1.29 is 19.0 Å². The molecule has 0 aliphatic carbocycles. The first-order valence-electron chi connectivity index (χ1n) is 6.40. The van der Waals surface area contributed by atoms with Gasteiger partial charge in [0.1, 0.15) is 17.3 Å². The zero-order valence-corrected chi connectivity index (χ0v) is 11.8. The Morgan fingerprint density at radius 1 is 1.24 bits per heavy atom. The van der Waals surface area contributed by atoms with Crippen molar-refractivity contribution in [3.63, 3.8) is 0 Å². The molecule has 0 aliphatic heterocycles. The van der Waals surface area contributed by atoms with Crippen LogP contribution in [0.1, 0.15) is 11.7 Å². The van der Waals surface area contributed by atoms with Crippen molar-refractivity contribution in [3.05, 3.63) is 47.9 Å². The van der Waals surface area contributed by atoms with Crippen LogP contribution in [0.5, 0.6) is 11.5 Å². The van der Waals surface area contributed by atoms with Gasteiger partial charge in [-0.05, 0) is 30.3 Å². The lowest BCUT2D eigenvalue weighted by Gasteiger charge is -2.16. The number of hydrogen-bond donors (Lipinski definition) is 2. The number of aliphatic hydroxyl groups is 1. The van der Waals surface area contributed by atoms with Gasteiger partial charge < -0.3 is 19.9 Å². The lowest BCUT2D eigenvalue weighted by molar-refractivity contribution is 0.186. The Morgan fingerprint density at radius 3 is 2.71 bits per heavy atom. The third kappa shape index (κ3) is 3.82. The number of halogens is 1. The summed E-state index contributed by atoms with van der Waals surface area (Å²) in [6.07, 6.45) is -0.847. The van der Waals surface area contributed by atoms with E-state index >= 15 is 0 Å². The number of benzene rings is 1. The van der Waals surface area contributed by atoms with Crippen molar-refractivity contribution in [2.45, 2.75) is 6.10 Å². The number of pyridine rings is 1. The van der Waals surface area contributed by atoms with Crippen LogP contribution >= 0.6 is 0 Å². The third-order valence-electron chi connectivity index (χ3n) is 2.99. The molecule has 112 valence electrons. The van der Waals surface area contributed by atoms with Crippen LogP contribution in [0, 0.1) is 5.95 Å². The monoisotopic (exact) mass is 292 g/mol. The summed E-state index contributed by atoms with van der Waals surface area (Å²) in [5.74, 6) is 0.954. The number of methoxy groups -OCH3 is 2. The van der Waals surface area contributed by atoms with E-state index in [-0.39, 0.29) is 6.54 Å². The second kappa shape index (κ2) is 6.90. The maximum absolute atomic E-state index is 13.0. The number of rotatable bonds is 6. The minimum absolute atomic E-state index is 0.167. The van der Waals surface area contributed by atoms with Crippen LogP contribution in [0.25, 0.3) is 0 Å². The summed E-state index contributed by atoms with van der Waals surface area (Å²) in [5.41, 5.74) is 0.584. The van der Waals surface area contributed by atoms with Gasteiger partial charge in [-0.1, -0.05) is 6.07 Å². The predicted molar refractivity (Wildman–Crippen MR) is 77.2 cm³/mol. The average molecular weight is 292 g/mol. The fraction of sp³-hybridized carbons (Fsp3) is 0.267. The van der Waals surface area contributed by atoms with E-state index in [0.29, 0.717) is 22.9 Å². The van der Waals surface area contributed by atoms with Gasteiger partial charge in [0.25, 0.3) is 0 Å². The molecule has 0 saturated carbocycles. The summed E-state index contributed by atoms with van der Waals surface area (Å²) in [6.45, 7) is 0.167. The number of aromatic nitrogens is 1. The Kier molecular flexibility index (Phi) is 4.94. The molecular weight excluding hydrogens is 275 g/mol. The molecule has 1 heterocycles. The number of ether oxygens (including phenoxy) is 2. The molecule has 2 aromatic rings. The number of nitrogens with one attached hydrogen (secondary N) is 1. The van der Waals surface area contributed by atoms with Crippen LogP contribution in [0.4, 0.5) is 10.2 Å². The summed E-state index contributed by atoms with van der Waals surface area (Å²) >= 11 is 0. The molecule has 2 rings (SSSR count). The molecule has 1 aromatic carbocycles. The van der Waals surface area contributed by atoms with E-state index in [2.05, 4.69) is 10.3 Å². The molecular formula is C15H17FN2O3. The molecule has 2 N–H and O–H groups in total. The Labute approximate surface area is 122 Å². The summed E-state index contributed by atoms with van der Waals surface area (Å²) in [6, 6.07) is 9.59. The van der Waals surface area contributed by atoms with Crippen LogP contribution in [0.3, 0.4) is 0 Å². The minimum Gasteiger partial charge on any atom is -0.497 e. The molecule has 5 nitrogen and oxygen atoms in total. The smallest absolute Gasteiger partial charge is 0.214 e. The van der Waals surface area contributed by atoms with Crippen molar-refractivity contribution in [2.75, 3.05) is 26.1 Å². The first-order valence-corrected chi connectivity index (χ1v) is 6.40. The van der Waals surface area contributed by atoms with E-state index in [1.165, 1.54) is 13.2 Å². The molecule has 0 amide bonds. The highest BCUT2D eigenvalue weighted by atomic mass is 19.1. The normalized spacial score (nSPS) is 11.8. The SMILES string of the molecule is COc1ccc(OC)c(C(O)CNc2cccc(F)n2)c1. The minimum atomic E-state index is -0.847. The van der Waals surface area contributed by atoms with E-state index in [9.17, 15) is 9.50 Å². The van der Waals surface area contributed by atoms with Crippen molar-refractivity contribution in [2.24, 2.45) is 0 Å². The highest BCUT2D eigenvalue weighted by Crippen LogP contribution is 2.29. The standard InChI is InChI=1S/C15H17FN2O3/c1-20-10-6-7-13(21-2)11(8-10)12(19)9-17-15-5-3-4-14(16)18-15/h3-8,12,19H,9H2,1-2H3,(H,17,18). The first-order chi connectivity index (χ1) is 10.1. The lowest BCUT2D eigenvalue weighted by Crippen LogP contribution is -2.14. The van der Waals surface area contributed by atoms with Gasteiger partial charge in [-0.3, -0.25) is 0 Å². The van der Waals surface area contributed by atoms with E-state index in [1.54, 1.807) is 37.4 Å². The van der Waals surface area contributed by atoms with E-state index in [1.807, 2.05) is 0 Å². The van der Waals surface area contributed by atoms with E-state index in [0.717, 1.165) is 0 Å². The topological polar surface area (TPSA) is 63.6 Å². The maximum Gasteiger partial charge on any atom is 0.214 e. The van der Waals surface area contributed by atoms with Gasteiger partial charge in [0.15, 0.2) is 0 Å². The fourth-order valence-electron chi connectivity index (χ4n) is 1.92. The molecule has 1 aromatic heterocycles. The van der Waals surface area contributed by atoms with Crippen LogP contribution in [-0.4, -0.2) is 30.9 Å². The highest BCUT2D eigenvalue weighted by molar-refractivity contribution is 5.43. The zero-order valence-electron chi connectivity index (χ0n) is 11.8. The second-order valence-electron chi connectivity index (χ2n) is 4.35. The molecule has 1 atom stereocenters. The van der Waals surface area contributed by atoms with Crippen LogP contribution in [0.2, 0.25) is 0 Å².